The first-order valence-electron chi connectivity index (χ1n) is 6.90. The molecule has 2 unspecified atom stereocenters. The van der Waals surface area contributed by atoms with E-state index < -0.39 is 11.7 Å². The van der Waals surface area contributed by atoms with Gasteiger partial charge < -0.3 is 10.1 Å². The van der Waals surface area contributed by atoms with Crippen LogP contribution in [-0.4, -0.2) is 19.8 Å². The molecule has 1 aromatic rings. The van der Waals surface area contributed by atoms with Crippen molar-refractivity contribution >= 4 is 0 Å². The number of halogens is 3. The van der Waals surface area contributed by atoms with Crippen LogP contribution in [0.5, 0.6) is 0 Å². The normalized spacial score (nSPS) is 15.1. The Kier molecular flexibility index (Phi) is 6.49. The van der Waals surface area contributed by atoms with E-state index in [4.69, 9.17) is 4.74 Å². The third-order valence-corrected chi connectivity index (χ3v) is 3.21. The van der Waals surface area contributed by atoms with Crippen molar-refractivity contribution in [2.24, 2.45) is 0 Å². The predicted molar refractivity (Wildman–Crippen MR) is 73.6 cm³/mol. The average molecular weight is 289 g/mol. The lowest BCUT2D eigenvalue weighted by Gasteiger charge is -2.27. The van der Waals surface area contributed by atoms with Gasteiger partial charge in [0.1, 0.15) is 0 Å². The van der Waals surface area contributed by atoms with Gasteiger partial charge in [0.05, 0.1) is 17.7 Å². The third-order valence-electron chi connectivity index (χ3n) is 3.21. The fourth-order valence-electron chi connectivity index (χ4n) is 2.32. The Morgan fingerprint density at radius 3 is 2.45 bits per heavy atom. The van der Waals surface area contributed by atoms with Gasteiger partial charge in [0, 0.05) is 6.61 Å². The minimum atomic E-state index is -4.32. The first kappa shape index (κ1) is 17.0. The van der Waals surface area contributed by atoms with Crippen LogP contribution in [0.4, 0.5) is 13.2 Å². The molecule has 0 saturated heterocycles. The molecule has 5 heteroatoms. The quantitative estimate of drug-likeness (QED) is 0.813. The van der Waals surface area contributed by atoms with Crippen molar-refractivity contribution in [3.05, 3.63) is 35.4 Å². The van der Waals surface area contributed by atoms with Crippen molar-refractivity contribution in [1.29, 1.82) is 0 Å². The molecule has 20 heavy (non-hydrogen) atoms. The number of benzene rings is 1. The molecule has 0 saturated carbocycles. The summed E-state index contributed by atoms with van der Waals surface area (Å²) < 4.78 is 44.0. The van der Waals surface area contributed by atoms with E-state index in [1.54, 1.807) is 13.1 Å². The smallest absolute Gasteiger partial charge is 0.377 e. The summed E-state index contributed by atoms with van der Waals surface area (Å²) in [4.78, 5) is 0. The Morgan fingerprint density at radius 1 is 1.25 bits per heavy atom. The van der Waals surface area contributed by atoms with Gasteiger partial charge in [-0.3, -0.25) is 0 Å². The first-order chi connectivity index (χ1) is 9.43. The van der Waals surface area contributed by atoms with E-state index in [1.807, 2.05) is 13.8 Å². The van der Waals surface area contributed by atoms with Gasteiger partial charge in [0.25, 0.3) is 0 Å². The van der Waals surface area contributed by atoms with Gasteiger partial charge in [-0.05, 0) is 38.1 Å². The summed E-state index contributed by atoms with van der Waals surface area (Å²) in [6.07, 6.45) is -2.73. The molecule has 2 atom stereocenters. The number of nitrogens with one attached hydrogen (secondary N) is 1. The summed E-state index contributed by atoms with van der Waals surface area (Å²) in [6, 6.07) is 5.20. The van der Waals surface area contributed by atoms with Crippen molar-refractivity contribution < 1.29 is 17.9 Å². The highest BCUT2D eigenvalue weighted by Crippen LogP contribution is 2.32. The van der Waals surface area contributed by atoms with E-state index in [1.165, 1.54) is 12.1 Å². The molecular formula is C15H22F3NO. The Hall–Kier alpha value is -1.07. The van der Waals surface area contributed by atoms with Crippen molar-refractivity contribution in [1.82, 2.24) is 5.32 Å². The van der Waals surface area contributed by atoms with Gasteiger partial charge in [-0.15, -0.1) is 0 Å². The lowest BCUT2D eigenvalue weighted by atomic mass is 9.96. The molecule has 1 aromatic carbocycles. The zero-order chi connectivity index (χ0) is 15.2. The van der Waals surface area contributed by atoms with Gasteiger partial charge in [0.15, 0.2) is 0 Å². The molecule has 0 bridgehead atoms. The maximum absolute atomic E-state index is 12.8. The Labute approximate surface area is 118 Å². The van der Waals surface area contributed by atoms with Gasteiger partial charge in [0.2, 0.25) is 0 Å². The molecule has 0 spiro atoms. The highest BCUT2D eigenvalue weighted by atomic mass is 19.4. The molecule has 0 aliphatic carbocycles. The van der Waals surface area contributed by atoms with Crippen LogP contribution in [0, 0.1) is 0 Å². The standard InChI is InChI=1S/C15H22F3NO/c1-4-7-13(20-5-2)14(19-3)11-8-6-9-12(10-11)15(16,17)18/h6,8-10,13-14,19H,4-5,7H2,1-3H3. The SMILES string of the molecule is CCCC(OCC)C(NC)c1cccc(C(F)(F)F)c1. The van der Waals surface area contributed by atoms with Crippen LogP contribution in [0.3, 0.4) is 0 Å². The average Bonchev–Trinajstić information content (AvgIpc) is 2.39. The summed E-state index contributed by atoms with van der Waals surface area (Å²) in [6.45, 7) is 4.47. The van der Waals surface area contributed by atoms with Crippen molar-refractivity contribution in [3.63, 3.8) is 0 Å². The molecule has 0 aliphatic heterocycles. The largest absolute Gasteiger partial charge is 0.416 e. The van der Waals surface area contributed by atoms with Gasteiger partial charge in [-0.25, -0.2) is 0 Å². The van der Waals surface area contributed by atoms with Crippen LogP contribution in [-0.2, 0) is 10.9 Å². The van der Waals surface area contributed by atoms with Gasteiger partial charge >= 0.3 is 6.18 Å². The Bertz CT molecular complexity index is 400. The molecule has 0 amide bonds. The van der Waals surface area contributed by atoms with E-state index >= 15 is 0 Å². The van der Waals surface area contributed by atoms with E-state index in [0.717, 1.165) is 18.9 Å². The summed E-state index contributed by atoms with van der Waals surface area (Å²) in [5.74, 6) is 0. The molecule has 1 N–H and O–H groups in total. The lowest BCUT2D eigenvalue weighted by molar-refractivity contribution is -0.137. The van der Waals surface area contributed by atoms with Crippen LogP contribution in [0.2, 0.25) is 0 Å². The molecule has 0 heterocycles. The zero-order valence-electron chi connectivity index (χ0n) is 12.1. The fraction of sp³-hybridized carbons (Fsp3) is 0.600. The second-order valence-corrected chi connectivity index (χ2v) is 4.67. The van der Waals surface area contributed by atoms with Crippen LogP contribution < -0.4 is 5.32 Å². The molecule has 0 aliphatic rings. The van der Waals surface area contributed by atoms with Crippen LogP contribution in [0.1, 0.15) is 43.9 Å². The number of hydrogen-bond donors (Lipinski definition) is 1. The highest BCUT2D eigenvalue weighted by Gasteiger charge is 2.31. The Morgan fingerprint density at radius 2 is 1.95 bits per heavy atom. The van der Waals surface area contributed by atoms with Crippen molar-refractivity contribution in [2.75, 3.05) is 13.7 Å². The fourth-order valence-corrected chi connectivity index (χ4v) is 2.32. The number of rotatable bonds is 7. The second kappa shape index (κ2) is 7.64. The minimum Gasteiger partial charge on any atom is -0.377 e. The lowest BCUT2D eigenvalue weighted by Crippen LogP contribution is -2.32. The number of hydrogen-bond acceptors (Lipinski definition) is 2. The van der Waals surface area contributed by atoms with E-state index in [0.29, 0.717) is 12.2 Å². The number of likely N-dealkylation sites (N-methyl/N-ethyl adjacent to an activating group) is 1. The summed E-state index contributed by atoms with van der Waals surface area (Å²) in [5, 5.41) is 3.07. The number of ether oxygens (including phenoxy) is 1. The van der Waals surface area contributed by atoms with Crippen molar-refractivity contribution in [2.45, 2.75) is 45.0 Å². The van der Waals surface area contributed by atoms with Crippen LogP contribution in [0.25, 0.3) is 0 Å². The maximum Gasteiger partial charge on any atom is 0.416 e. The molecule has 114 valence electrons. The maximum atomic E-state index is 12.8. The first-order valence-corrected chi connectivity index (χ1v) is 6.90. The predicted octanol–water partition coefficient (Wildman–Crippen LogP) is 4.17. The molecule has 0 radical (unpaired) electrons. The van der Waals surface area contributed by atoms with E-state index in [2.05, 4.69) is 5.32 Å². The molecule has 1 rings (SSSR count). The highest BCUT2D eigenvalue weighted by molar-refractivity contribution is 5.28. The van der Waals surface area contributed by atoms with Gasteiger partial charge in [-0.2, -0.15) is 13.2 Å². The second-order valence-electron chi connectivity index (χ2n) is 4.67. The monoisotopic (exact) mass is 289 g/mol. The van der Waals surface area contributed by atoms with Gasteiger partial charge in [-0.1, -0.05) is 25.5 Å². The zero-order valence-corrected chi connectivity index (χ0v) is 12.1. The third kappa shape index (κ3) is 4.49. The van der Waals surface area contributed by atoms with Crippen LogP contribution in [0.15, 0.2) is 24.3 Å². The summed E-state index contributed by atoms with van der Waals surface area (Å²) in [7, 11) is 1.74. The van der Waals surface area contributed by atoms with Crippen LogP contribution >= 0.6 is 0 Å². The minimum absolute atomic E-state index is 0.126. The van der Waals surface area contributed by atoms with E-state index in [9.17, 15) is 13.2 Å². The molecule has 0 aromatic heterocycles. The number of alkyl halides is 3. The van der Waals surface area contributed by atoms with E-state index in [-0.39, 0.29) is 12.1 Å². The molecule has 0 fully saturated rings. The van der Waals surface area contributed by atoms with Crippen molar-refractivity contribution in [3.8, 4) is 0 Å². The summed E-state index contributed by atoms with van der Waals surface area (Å²) in [5.41, 5.74) is -0.0174. The molecular weight excluding hydrogens is 267 g/mol. The topological polar surface area (TPSA) is 21.3 Å². The molecule has 2 nitrogen and oxygen atoms in total. The Balaban J connectivity index is 3.04. The summed E-state index contributed by atoms with van der Waals surface area (Å²) >= 11 is 0.